The average Bonchev–Trinajstić information content (AvgIpc) is 2.73. The summed E-state index contributed by atoms with van der Waals surface area (Å²) < 4.78 is 7.36. The Hall–Kier alpha value is -1.29. The zero-order valence-electron chi connectivity index (χ0n) is 11.7. The number of rotatable bonds is 6. The van der Waals surface area contributed by atoms with Crippen LogP contribution in [0.1, 0.15) is 26.1 Å². The lowest BCUT2D eigenvalue weighted by Gasteiger charge is -2.10. The zero-order chi connectivity index (χ0) is 13.8. The Morgan fingerprint density at radius 3 is 2.74 bits per heavy atom. The fraction of sp³-hybridized carbons (Fsp3) is 0.571. The van der Waals surface area contributed by atoms with E-state index >= 15 is 0 Å². The van der Waals surface area contributed by atoms with Crippen molar-refractivity contribution in [2.45, 2.75) is 33.2 Å². The fourth-order valence-electron chi connectivity index (χ4n) is 2.04. The number of imidazole rings is 1. The molecule has 2 aromatic rings. The third-order valence-corrected chi connectivity index (χ3v) is 3.29. The first-order valence-electron chi connectivity index (χ1n) is 6.61. The minimum Gasteiger partial charge on any atom is -0.481 e. The standard InChI is InChI=1S/C14H20ClN3O/c1-10(2)7-9-18-12(6-8-15)16-11-4-5-13(19-3)17-14(11)18/h4-5,10H,6-9H2,1-3H3. The molecule has 0 amide bonds. The van der Waals surface area contributed by atoms with Gasteiger partial charge in [0.15, 0.2) is 5.65 Å². The van der Waals surface area contributed by atoms with Crippen LogP contribution < -0.4 is 4.74 Å². The van der Waals surface area contributed by atoms with Gasteiger partial charge in [0.2, 0.25) is 5.88 Å². The van der Waals surface area contributed by atoms with Crippen LogP contribution in [-0.4, -0.2) is 27.5 Å². The maximum absolute atomic E-state index is 5.86. The maximum atomic E-state index is 5.86. The van der Waals surface area contributed by atoms with Gasteiger partial charge in [0, 0.05) is 24.9 Å². The van der Waals surface area contributed by atoms with E-state index in [2.05, 4.69) is 28.4 Å². The average molecular weight is 282 g/mol. The highest BCUT2D eigenvalue weighted by Crippen LogP contribution is 2.20. The van der Waals surface area contributed by atoms with Crippen molar-refractivity contribution in [2.75, 3.05) is 13.0 Å². The summed E-state index contributed by atoms with van der Waals surface area (Å²) in [5.41, 5.74) is 1.80. The molecule has 0 spiro atoms. The molecule has 0 aliphatic heterocycles. The summed E-state index contributed by atoms with van der Waals surface area (Å²) in [6, 6.07) is 3.79. The lowest BCUT2D eigenvalue weighted by atomic mass is 10.1. The molecule has 0 fully saturated rings. The molecular formula is C14H20ClN3O. The second-order valence-corrected chi connectivity index (χ2v) is 5.38. The van der Waals surface area contributed by atoms with Gasteiger partial charge in [-0.15, -0.1) is 11.6 Å². The van der Waals surface area contributed by atoms with E-state index in [1.165, 1.54) is 0 Å². The second kappa shape index (κ2) is 6.24. The molecule has 0 N–H and O–H groups in total. The highest BCUT2D eigenvalue weighted by molar-refractivity contribution is 6.17. The van der Waals surface area contributed by atoms with Crippen LogP contribution in [0.5, 0.6) is 5.88 Å². The zero-order valence-corrected chi connectivity index (χ0v) is 12.4. The summed E-state index contributed by atoms with van der Waals surface area (Å²) in [4.78, 5) is 9.13. The smallest absolute Gasteiger partial charge is 0.215 e. The number of alkyl halides is 1. The molecule has 104 valence electrons. The number of aromatic nitrogens is 3. The van der Waals surface area contributed by atoms with Crippen LogP contribution in [0.3, 0.4) is 0 Å². The summed E-state index contributed by atoms with van der Waals surface area (Å²) in [5, 5.41) is 0. The summed E-state index contributed by atoms with van der Waals surface area (Å²) in [6.45, 7) is 5.35. The third kappa shape index (κ3) is 3.18. The SMILES string of the molecule is COc1ccc2nc(CCCl)n(CCC(C)C)c2n1. The summed E-state index contributed by atoms with van der Waals surface area (Å²) in [6.07, 6.45) is 1.86. The molecule has 19 heavy (non-hydrogen) atoms. The molecule has 0 unspecified atom stereocenters. The van der Waals surface area contributed by atoms with Gasteiger partial charge in [0.05, 0.1) is 7.11 Å². The summed E-state index contributed by atoms with van der Waals surface area (Å²) >= 11 is 5.86. The van der Waals surface area contributed by atoms with E-state index in [1.54, 1.807) is 7.11 Å². The van der Waals surface area contributed by atoms with Crippen molar-refractivity contribution < 1.29 is 4.74 Å². The quantitative estimate of drug-likeness (QED) is 0.763. The van der Waals surface area contributed by atoms with Gasteiger partial charge >= 0.3 is 0 Å². The van der Waals surface area contributed by atoms with Gasteiger partial charge in [-0.2, -0.15) is 4.98 Å². The molecular weight excluding hydrogens is 262 g/mol. The number of ether oxygens (including phenoxy) is 1. The van der Waals surface area contributed by atoms with E-state index in [1.807, 2.05) is 12.1 Å². The number of aryl methyl sites for hydroxylation is 2. The number of halogens is 1. The Labute approximate surface area is 118 Å². The summed E-state index contributed by atoms with van der Waals surface area (Å²) in [5.74, 6) is 2.84. The van der Waals surface area contributed by atoms with Gasteiger partial charge in [-0.1, -0.05) is 13.8 Å². The predicted molar refractivity (Wildman–Crippen MR) is 78.0 cm³/mol. The van der Waals surface area contributed by atoms with E-state index in [4.69, 9.17) is 16.3 Å². The molecule has 0 aliphatic carbocycles. The second-order valence-electron chi connectivity index (χ2n) is 5.00. The highest BCUT2D eigenvalue weighted by atomic mass is 35.5. The Bertz CT molecular complexity index is 551. The van der Waals surface area contributed by atoms with Crippen molar-refractivity contribution in [2.24, 2.45) is 5.92 Å². The van der Waals surface area contributed by atoms with Crippen LogP contribution in [0.4, 0.5) is 0 Å². The molecule has 0 atom stereocenters. The van der Waals surface area contributed by atoms with E-state index < -0.39 is 0 Å². The van der Waals surface area contributed by atoms with Crippen LogP contribution in [-0.2, 0) is 13.0 Å². The summed E-state index contributed by atoms with van der Waals surface area (Å²) in [7, 11) is 1.63. The van der Waals surface area contributed by atoms with Gasteiger partial charge in [-0.05, 0) is 18.4 Å². The highest BCUT2D eigenvalue weighted by Gasteiger charge is 2.12. The first-order chi connectivity index (χ1) is 9.15. The molecule has 0 bridgehead atoms. The van der Waals surface area contributed by atoms with Crippen LogP contribution >= 0.6 is 11.6 Å². The molecule has 0 saturated heterocycles. The minimum atomic E-state index is 0.572. The lowest BCUT2D eigenvalue weighted by Crippen LogP contribution is -2.07. The molecule has 2 aromatic heterocycles. The van der Waals surface area contributed by atoms with Crippen molar-refractivity contribution in [1.82, 2.24) is 14.5 Å². The number of hydrogen-bond donors (Lipinski definition) is 0. The number of nitrogens with zero attached hydrogens (tertiary/aromatic N) is 3. The van der Waals surface area contributed by atoms with Gasteiger partial charge in [-0.25, -0.2) is 4.98 Å². The maximum Gasteiger partial charge on any atom is 0.215 e. The van der Waals surface area contributed by atoms with Crippen molar-refractivity contribution in [3.63, 3.8) is 0 Å². The lowest BCUT2D eigenvalue weighted by molar-refractivity contribution is 0.398. The molecule has 4 nitrogen and oxygen atoms in total. The first kappa shape index (κ1) is 14.1. The number of methoxy groups -OCH3 is 1. The van der Waals surface area contributed by atoms with Gasteiger partial charge in [0.1, 0.15) is 11.3 Å². The normalized spacial score (nSPS) is 11.4. The van der Waals surface area contributed by atoms with E-state index in [0.717, 1.165) is 36.4 Å². The van der Waals surface area contributed by atoms with Crippen LogP contribution in [0.25, 0.3) is 11.2 Å². The Kier molecular flexibility index (Phi) is 4.64. The number of pyridine rings is 1. The fourth-order valence-corrected chi connectivity index (χ4v) is 2.21. The molecule has 0 radical (unpaired) electrons. The van der Waals surface area contributed by atoms with Crippen LogP contribution in [0.2, 0.25) is 0 Å². The Morgan fingerprint density at radius 1 is 1.32 bits per heavy atom. The van der Waals surface area contributed by atoms with E-state index in [9.17, 15) is 0 Å². The van der Waals surface area contributed by atoms with Crippen LogP contribution in [0.15, 0.2) is 12.1 Å². The third-order valence-electron chi connectivity index (χ3n) is 3.10. The van der Waals surface area contributed by atoms with Gasteiger partial charge in [0.25, 0.3) is 0 Å². The van der Waals surface area contributed by atoms with Crippen molar-refractivity contribution in [3.05, 3.63) is 18.0 Å². The monoisotopic (exact) mass is 281 g/mol. The topological polar surface area (TPSA) is 39.9 Å². The number of fused-ring (bicyclic) bond motifs is 1. The first-order valence-corrected chi connectivity index (χ1v) is 7.15. The Morgan fingerprint density at radius 2 is 2.11 bits per heavy atom. The largest absolute Gasteiger partial charge is 0.481 e. The molecule has 0 aromatic carbocycles. The molecule has 2 heterocycles. The minimum absolute atomic E-state index is 0.572. The van der Waals surface area contributed by atoms with E-state index in [-0.39, 0.29) is 0 Å². The van der Waals surface area contributed by atoms with Crippen molar-refractivity contribution in [1.29, 1.82) is 0 Å². The van der Waals surface area contributed by atoms with Gasteiger partial charge < -0.3 is 9.30 Å². The van der Waals surface area contributed by atoms with Crippen molar-refractivity contribution >= 4 is 22.8 Å². The number of hydrogen-bond acceptors (Lipinski definition) is 3. The molecule has 0 aliphatic rings. The Balaban J connectivity index is 2.43. The predicted octanol–water partition coefficient (Wildman–Crippen LogP) is 3.27. The molecule has 0 saturated carbocycles. The van der Waals surface area contributed by atoms with E-state index in [0.29, 0.717) is 17.7 Å². The van der Waals surface area contributed by atoms with Crippen molar-refractivity contribution in [3.8, 4) is 5.88 Å². The molecule has 5 heteroatoms. The van der Waals surface area contributed by atoms with Crippen LogP contribution in [0, 0.1) is 5.92 Å². The van der Waals surface area contributed by atoms with Gasteiger partial charge in [-0.3, -0.25) is 0 Å². The molecule has 2 rings (SSSR count).